The van der Waals surface area contributed by atoms with Crippen molar-refractivity contribution in [1.29, 1.82) is 0 Å². The predicted molar refractivity (Wildman–Crippen MR) is 107 cm³/mol. The lowest BCUT2D eigenvalue weighted by atomic mass is 10.2. The van der Waals surface area contributed by atoms with Crippen molar-refractivity contribution in [3.63, 3.8) is 0 Å². The highest BCUT2D eigenvalue weighted by Crippen LogP contribution is 2.23. The lowest BCUT2D eigenvalue weighted by molar-refractivity contribution is -0.130. The van der Waals surface area contributed by atoms with Gasteiger partial charge in [0, 0.05) is 24.9 Å². The Balaban J connectivity index is 1.47. The van der Waals surface area contributed by atoms with Gasteiger partial charge in [0.2, 0.25) is 5.91 Å². The normalized spacial score (nSPS) is 11.0. The van der Waals surface area contributed by atoms with E-state index >= 15 is 0 Å². The van der Waals surface area contributed by atoms with Crippen LogP contribution in [0.25, 0.3) is 10.2 Å². The maximum atomic E-state index is 12.3. The fourth-order valence-corrected chi connectivity index (χ4v) is 4.12. The van der Waals surface area contributed by atoms with Crippen LogP contribution in [-0.2, 0) is 17.8 Å². The van der Waals surface area contributed by atoms with E-state index in [4.69, 9.17) is 0 Å². The summed E-state index contributed by atoms with van der Waals surface area (Å²) < 4.78 is 1.22. The standard InChI is InChI=1S/C20H22N2OS2/c1-22(14-15-10-12-16(24-2)13-11-15)20(23)9-5-8-19-21-17-6-3-4-7-18(17)25-19/h3-4,6-7,10-13H,5,8-9,14H2,1-2H3. The molecule has 0 N–H and O–H groups in total. The lowest BCUT2D eigenvalue weighted by Gasteiger charge is -2.17. The average molecular weight is 371 g/mol. The van der Waals surface area contributed by atoms with Crippen LogP contribution in [0.5, 0.6) is 0 Å². The van der Waals surface area contributed by atoms with E-state index in [1.165, 1.54) is 15.2 Å². The molecule has 0 aliphatic heterocycles. The van der Waals surface area contributed by atoms with Gasteiger partial charge >= 0.3 is 0 Å². The number of fused-ring (bicyclic) bond motifs is 1. The molecule has 0 bridgehead atoms. The highest BCUT2D eigenvalue weighted by molar-refractivity contribution is 7.98. The number of carbonyl (C=O) groups is 1. The van der Waals surface area contributed by atoms with Crippen molar-refractivity contribution in [3.05, 3.63) is 59.1 Å². The number of aryl methyl sites for hydroxylation is 1. The molecule has 1 aromatic heterocycles. The molecule has 3 nitrogen and oxygen atoms in total. The van der Waals surface area contributed by atoms with Crippen LogP contribution in [0.2, 0.25) is 0 Å². The molecule has 130 valence electrons. The van der Waals surface area contributed by atoms with E-state index in [-0.39, 0.29) is 5.91 Å². The molecular formula is C20H22N2OS2. The Morgan fingerprint density at radius 3 is 2.64 bits per heavy atom. The third-order valence-electron chi connectivity index (χ3n) is 4.12. The summed E-state index contributed by atoms with van der Waals surface area (Å²) in [4.78, 5) is 20.0. The summed E-state index contributed by atoms with van der Waals surface area (Å²) >= 11 is 3.45. The number of amides is 1. The Morgan fingerprint density at radius 2 is 1.92 bits per heavy atom. The van der Waals surface area contributed by atoms with Crippen molar-refractivity contribution in [1.82, 2.24) is 9.88 Å². The lowest BCUT2D eigenvalue weighted by Crippen LogP contribution is -2.25. The topological polar surface area (TPSA) is 33.2 Å². The summed E-state index contributed by atoms with van der Waals surface area (Å²) in [7, 11) is 1.88. The van der Waals surface area contributed by atoms with Gasteiger partial charge in [-0.05, 0) is 48.9 Å². The van der Waals surface area contributed by atoms with Crippen molar-refractivity contribution in [2.75, 3.05) is 13.3 Å². The quantitative estimate of drug-likeness (QED) is 0.549. The molecule has 25 heavy (non-hydrogen) atoms. The van der Waals surface area contributed by atoms with Crippen LogP contribution in [0, 0.1) is 0 Å². The van der Waals surface area contributed by atoms with Gasteiger partial charge < -0.3 is 4.90 Å². The van der Waals surface area contributed by atoms with Gasteiger partial charge in [-0.15, -0.1) is 23.1 Å². The number of para-hydroxylation sites is 1. The molecule has 2 aromatic carbocycles. The second-order valence-corrected chi connectivity index (χ2v) is 8.02. The molecular weight excluding hydrogens is 348 g/mol. The number of aromatic nitrogens is 1. The molecule has 3 aromatic rings. The van der Waals surface area contributed by atoms with E-state index in [2.05, 4.69) is 41.6 Å². The number of carbonyl (C=O) groups excluding carboxylic acids is 1. The molecule has 1 heterocycles. The smallest absolute Gasteiger partial charge is 0.222 e. The van der Waals surface area contributed by atoms with Crippen molar-refractivity contribution >= 4 is 39.2 Å². The van der Waals surface area contributed by atoms with Crippen molar-refractivity contribution < 1.29 is 4.79 Å². The number of thiazole rings is 1. The highest BCUT2D eigenvalue weighted by Gasteiger charge is 2.10. The Bertz CT molecular complexity index is 809. The summed E-state index contributed by atoms with van der Waals surface area (Å²) in [5.41, 5.74) is 2.22. The zero-order valence-electron chi connectivity index (χ0n) is 14.6. The van der Waals surface area contributed by atoms with Crippen molar-refractivity contribution in [2.24, 2.45) is 0 Å². The molecule has 0 atom stereocenters. The van der Waals surface area contributed by atoms with Crippen LogP contribution in [0.4, 0.5) is 0 Å². The maximum Gasteiger partial charge on any atom is 0.222 e. The number of nitrogens with zero attached hydrogens (tertiary/aromatic N) is 2. The van der Waals surface area contributed by atoms with Gasteiger partial charge in [0.05, 0.1) is 15.2 Å². The first-order chi connectivity index (χ1) is 12.2. The van der Waals surface area contributed by atoms with Gasteiger partial charge in [0.25, 0.3) is 0 Å². The third-order valence-corrected chi connectivity index (χ3v) is 5.96. The van der Waals surface area contributed by atoms with Crippen molar-refractivity contribution in [3.8, 4) is 0 Å². The molecule has 5 heteroatoms. The minimum Gasteiger partial charge on any atom is -0.341 e. The van der Waals surface area contributed by atoms with Gasteiger partial charge in [-0.25, -0.2) is 4.98 Å². The van der Waals surface area contributed by atoms with Crippen LogP contribution in [0.1, 0.15) is 23.4 Å². The van der Waals surface area contributed by atoms with Crippen molar-refractivity contribution in [2.45, 2.75) is 30.7 Å². The third kappa shape index (κ3) is 4.83. The molecule has 0 aliphatic carbocycles. The van der Waals surface area contributed by atoms with E-state index in [1.807, 2.05) is 30.1 Å². The van der Waals surface area contributed by atoms with Crippen LogP contribution in [0.15, 0.2) is 53.4 Å². The fraction of sp³-hybridized carbons (Fsp3) is 0.300. The molecule has 1 amide bonds. The molecule has 0 aliphatic rings. The molecule has 0 fully saturated rings. The second-order valence-electron chi connectivity index (χ2n) is 6.03. The van der Waals surface area contributed by atoms with E-state index in [9.17, 15) is 4.79 Å². The second kappa shape index (κ2) is 8.50. The Kier molecular flexibility index (Phi) is 6.10. The summed E-state index contributed by atoms with van der Waals surface area (Å²) in [6, 6.07) is 16.6. The van der Waals surface area contributed by atoms with E-state index in [0.717, 1.165) is 23.4 Å². The zero-order valence-corrected chi connectivity index (χ0v) is 16.2. The number of benzene rings is 2. The van der Waals surface area contributed by atoms with Crippen LogP contribution >= 0.6 is 23.1 Å². The molecule has 3 rings (SSSR count). The Hall–Kier alpha value is -1.85. The summed E-state index contributed by atoms with van der Waals surface area (Å²) in [5.74, 6) is 0.190. The van der Waals surface area contributed by atoms with E-state index in [1.54, 1.807) is 23.1 Å². The first-order valence-corrected chi connectivity index (χ1v) is 10.4. The minimum absolute atomic E-state index is 0.190. The van der Waals surface area contributed by atoms with Gasteiger partial charge in [-0.3, -0.25) is 4.79 Å². The first-order valence-electron chi connectivity index (χ1n) is 8.37. The molecule has 0 spiro atoms. The SMILES string of the molecule is CSc1ccc(CN(C)C(=O)CCCc2nc3ccccc3s2)cc1. The molecule has 0 unspecified atom stereocenters. The monoisotopic (exact) mass is 370 g/mol. The summed E-state index contributed by atoms with van der Waals surface area (Å²) in [5, 5.41) is 1.12. The average Bonchev–Trinajstić information content (AvgIpc) is 3.05. The fourth-order valence-electron chi connectivity index (χ4n) is 2.70. The molecule has 0 saturated carbocycles. The van der Waals surface area contributed by atoms with E-state index < -0.39 is 0 Å². The number of hydrogen-bond acceptors (Lipinski definition) is 4. The van der Waals surface area contributed by atoms with Crippen LogP contribution < -0.4 is 0 Å². The zero-order chi connectivity index (χ0) is 17.6. The van der Waals surface area contributed by atoms with Gasteiger partial charge in [-0.1, -0.05) is 24.3 Å². The van der Waals surface area contributed by atoms with E-state index in [0.29, 0.717) is 13.0 Å². The Labute approximate surface area is 157 Å². The first kappa shape index (κ1) is 18.0. The predicted octanol–water partition coefficient (Wildman–Crippen LogP) is 5.00. The highest BCUT2D eigenvalue weighted by atomic mass is 32.2. The van der Waals surface area contributed by atoms with Gasteiger partial charge in [0.15, 0.2) is 0 Å². The Morgan fingerprint density at radius 1 is 1.16 bits per heavy atom. The molecule has 0 saturated heterocycles. The number of thioether (sulfide) groups is 1. The largest absolute Gasteiger partial charge is 0.341 e. The molecule has 0 radical (unpaired) electrons. The number of rotatable bonds is 7. The summed E-state index contributed by atoms with van der Waals surface area (Å²) in [6.07, 6.45) is 4.33. The van der Waals surface area contributed by atoms with Crippen LogP contribution in [0.3, 0.4) is 0 Å². The number of hydrogen-bond donors (Lipinski definition) is 0. The minimum atomic E-state index is 0.190. The summed E-state index contributed by atoms with van der Waals surface area (Å²) in [6.45, 7) is 0.661. The van der Waals surface area contributed by atoms with Gasteiger partial charge in [0.1, 0.15) is 0 Å². The maximum absolute atomic E-state index is 12.3. The van der Waals surface area contributed by atoms with Gasteiger partial charge in [-0.2, -0.15) is 0 Å². The van der Waals surface area contributed by atoms with Crippen LogP contribution in [-0.4, -0.2) is 29.1 Å².